The van der Waals surface area contributed by atoms with Crippen molar-refractivity contribution in [3.8, 4) is 0 Å². The maximum Gasteiger partial charge on any atom is 0.270 e. The molecule has 1 N–H and O–H groups in total. The summed E-state index contributed by atoms with van der Waals surface area (Å²) in [7, 11) is -1.79. The van der Waals surface area contributed by atoms with Crippen molar-refractivity contribution in [2.24, 2.45) is 5.92 Å². The van der Waals surface area contributed by atoms with Crippen molar-refractivity contribution in [3.63, 3.8) is 0 Å². The van der Waals surface area contributed by atoms with E-state index in [-0.39, 0.29) is 10.8 Å². The number of aromatic nitrogens is 1. The van der Waals surface area contributed by atoms with E-state index in [0.29, 0.717) is 37.9 Å². The minimum atomic E-state index is -3.58. The Morgan fingerprint density at radius 3 is 2.64 bits per heavy atom. The molecule has 1 saturated carbocycles. The number of H-pyrrole nitrogens is 1. The average Bonchev–Trinajstić information content (AvgIpc) is 3.13. The van der Waals surface area contributed by atoms with Gasteiger partial charge >= 0.3 is 0 Å². The van der Waals surface area contributed by atoms with Crippen molar-refractivity contribution in [2.45, 2.75) is 37.0 Å². The summed E-state index contributed by atoms with van der Waals surface area (Å²) in [5.74, 6) is 0.392. The molecule has 0 unspecified atom stereocenters. The van der Waals surface area contributed by atoms with Gasteiger partial charge in [-0.05, 0) is 24.8 Å². The van der Waals surface area contributed by atoms with E-state index in [1.54, 1.807) is 11.9 Å². The number of rotatable bonds is 5. The van der Waals surface area contributed by atoms with Crippen LogP contribution < -0.4 is 0 Å². The molecule has 0 bridgehead atoms. The largest absolute Gasteiger partial charge is 0.379 e. The smallest absolute Gasteiger partial charge is 0.270 e. The quantitative estimate of drug-likeness (QED) is 0.856. The first-order valence-electron chi connectivity index (χ1n) is 9.00. The van der Waals surface area contributed by atoms with Crippen LogP contribution in [0.4, 0.5) is 0 Å². The van der Waals surface area contributed by atoms with Crippen LogP contribution in [0.25, 0.3) is 0 Å². The Kier molecular flexibility index (Phi) is 5.81. The molecule has 2 aliphatic rings. The standard InChI is InChI=1S/C17H27N3O4S/c1-19(13-14-5-3-2-4-6-14)17(21)16-11-15(12-18-16)25(22,23)20-7-9-24-10-8-20/h11-12,14,18H,2-10,13H2,1H3. The highest BCUT2D eigenvalue weighted by Crippen LogP contribution is 2.25. The fourth-order valence-electron chi connectivity index (χ4n) is 3.63. The fraction of sp³-hybridized carbons (Fsp3) is 0.706. The Morgan fingerprint density at radius 2 is 1.96 bits per heavy atom. The van der Waals surface area contributed by atoms with Gasteiger partial charge in [0.2, 0.25) is 10.0 Å². The van der Waals surface area contributed by atoms with E-state index in [2.05, 4.69) is 4.98 Å². The highest BCUT2D eigenvalue weighted by Gasteiger charge is 2.28. The molecule has 1 aromatic heterocycles. The molecule has 1 aliphatic carbocycles. The molecule has 0 aromatic carbocycles. The number of ether oxygens (including phenoxy) is 1. The van der Waals surface area contributed by atoms with Crippen LogP contribution in [0, 0.1) is 5.92 Å². The van der Waals surface area contributed by atoms with Crippen molar-refractivity contribution in [1.29, 1.82) is 0 Å². The second-order valence-corrected chi connectivity index (χ2v) is 8.89. The van der Waals surface area contributed by atoms with Gasteiger partial charge in [-0.15, -0.1) is 0 Å². The van der Waals surface area contributed by atoms with E-state index in [0.717, 1.165) is 6.54 Å². The molecule has 1 amide bonds. The van der Waals surface area contributed by atoms with E-state index in [1.807, 2.05) is 0 Å². The Morgan fingerprint density at radius 1 is 1.28 bits per heavy atom. The summed E-state index contributed by atoms with van der Waals surface area (Å²) < 4.78 is 31.9. The second-order valence-electron chi connectivity index (χ2n) is 6.96. The van der Waals surface area contributed by atoms with Crippen LogP contribution in [-0.4, -0.2) is 68.4 Å². The number of hydrogen-bond donors (Lipinski definition) is 1. The number of nitrogens with zero attached hydrogens (tertiary/aromatic N) is 2. The zero-order valence-electron chi connectivity index (χ0n) is 14.7. The van der Waals surface area contributed by atoms with Gasteiger partial charge in [0.1, 0.15) is 10.6 Å². The molecule has 1 aliphatic heterocycles. The highest BCUT2D eigenvalue weighted by molar-refractivity contribution is 7.89. The van der Waals surface area contributed by atoms with E-state index in [1.165, 1.54) is 48.7 Å². The predicted molar refractivity (Wildman–Crippen MR) is 93.9 cm³/mol. The summed E-state index contributed by atoms with van der Waals surface area (Å²) in [4.78, 5) is 17.3. The molecule has 140 valence electrons. The van der Waals surface area contributed by atoms with E-state index < -0.39 is 10.0 Å². The van der Waals surface area contributed by atoms with Crippen molar-refractivity contribution < 1.29 is 17.9 Å². The van der Waals surface area contributed by atoms with E-state index in [9.17, 15) is 13.2 Å². The number of morpholine rings is 1. The normalized spacial score (nSPS) is 20.5. The number of sulfonamides is 1. The number of nitrogens with one attached hydrogen (secondary N) is 1. The summed E-state index contributed by atoms with van der Waals surface area (Å²) in [5, 5.41) is 0. The summed E-state index contributed by atoms with van der Waals surface area (Å²) in [6.07, 6.45) is 7.49. The van der Waals surface area contributed by atoms with E-state index in [4.69, 9.17) is 4.74 Å². The minimum Gasteiger partial charge on any atom is -0.379 e. The molecule has 7 nitrogen and oxygen atoms in total. The van der Waals surface area contributed by atoms with Gasteiger partial charge in [-0.2, -0.15) is 4.31 Å². The van der Waals surface area contributed by atoms with Crippen LogP contribution in [0.1, 0.15) is 42.6 Å². The van der Waals surface area contributed by atoms with E-state index >= 15 is 0 Å². The van der Waals surface area contributed by atoms with Crippen LogP contribution in [0.5, 0.6) is 0 Å². The highest BCUT2D eigenvalue weighted by atomic mass is 32.2. The topological polar surface area (TPSA) is 82.7 Å². The molecule has 0 radical (unpaired) electrons. The third-order valence-electron chi connectivity index (χ3n) is 5.10. The van der Waals surface area contributed by atoms with Crippen LogP contribution in [0.3, 0.4) is 0 Å². The van der Waals surface area contributed by atoms with Gasteiger partial charge < -0.3 is 14.6 Å². The lowest BCUT2D eigenvalue weighted by molar-refractivity contribution is 0.0730. The molecule has 1 saturated heterocycles. The Labute approximate surface area is 149 Å². The molecule has 3 rings (SSSR count). The van der Waals surface area contributed by atoms with Gasteiger partial charge in [0.05, 0.1) is 13.2 Å². The lowest BCUT2D eigenvalue weighted by Crippen LogP contribution is -2.40. The molecule has 8 heteroatoms. The van der Waals surface area contributed by atoms with Crippen molar-refractivity contribution >= 4 is 15.9 Å². The summed E-state index contributed by atoms with van der Waals surface area (Å²) >= 11 is 0. The number of aromatic amines is 1. The average molecular weight is 369 g/mol. The zero-order chi connectivity index (χ0) is 17.9. The third-order valence-corrected chi connectivity index (χ3v) is 6.97. The number of amides is 1. The van der Waals surface area contributed by atoms with Gasteiger partial charge in [-0.3, -0.25) is 4.79 Å². The molecule has 0 spiro atoms. The zero-order valence-corrected chi connectivity index (χ0v) is 15.6. The SMILES string of the molecule is CN(CC1CCCCC1)C(=O)c1cc(S(=O)(=O)N2CCOCC2)c[nH]1. The van der Waals surface area contributed by atoms with Crippen LogP contribution in [0.15, 0.2) is 17.2 Å². The molecular weight excluding hydrogens is 342 g/mol. The van der Waals surface area contributed by atoms with Gasteiger partial charge in [-0.25, -0.2) is 8.42 Å². The molecular formula is C17H27N3O4S. The molecule has 25 heavy (non-hydrogen) atoms. The van der Waals surface area contributed by atoms with Crippen molar-refractivity contribution in [2.75, 3.05) is 39.9 Å². The number of hydrogen-bond acceptors (Lipinski definition) is 4. The molecule has 2 fully saturated rings. The minimum absolute atomic E-state index is 0.142. The van der Waals surface area contributed by atoms with Crippen LogP contribution >= 0.6 is 0 Å². The lowest BCUT2D eigenvalue weighted by Gasteiger charge is -2.26. The van der Waals surface area contributed by atoms with Crippen molar-refractivity contribution in [1.82, 2.24) is 14.2 Å². The number of carbonyl (C=O) groups is 1. The maximum absolute atomic E-state index is 12.6. The monoisotopic (exact) mass is 369 g/mol. The predicted octanol–water partition coefficient (Wildman–Crippen LogP) is 1.69. The maximum atomic E-state index is 12.6. The van der Waals surface area contributed by atoms with Gasteiger partial charge in [0.25, 0.3) is 5.91 Å². The Balaban J connectivity index is 1.66. The third kappa shape index (κ3) is 4.24. The van der Waals surface area contributed by atoms with Crippen LogP contribution in [0.2, 0.25) is 0 Å². The Bertz CT molecular complexity index is 689. The molecule has 0 atom stereocenters. The summed E-state index contributed by atoms with van der Waals surface area (Å²) in [5.41, 5.74) is 0.324. The van der Waals surface area contributed by atoms with Gasteiger partial charge in [-0.1, -0.05) is 19.3 Å². The van der Waals surface area contributed by atoms with Crippen molar-refractivity contribution in [3.05, 3.63) is 18.0 Å². The summed E-state index contributed by atoms with van der Waals surface area (Å²) in [6.45, 7) is 2.22. The lowest BCUT2D eigenvalue weighted by atomic mass is 9.89. The molecule has 1 aromatic rings. The fourth-order valence-corrected chi connectivity index (χ4v) is 5.03. The Hall–Kier alpha value is -1.38. The van der Waals surface area contributed by atoms with Gasteiger partial charge in [0.15, 0.2) is 0 Å². The first-order valence-corrected chi connectivity index (χ1v) is 10.4. The molecule has 2 heterocycles. The summed E-state index contributed by atoms with van der Waals surface area (Å²) in [6, 6.07) is 1.45. The van der Waals surface area contributed by atoms with Crippen LogP contribution in [-0.2, 0) is 14.8 Å². The number of carbonyl (C=O) groups excluding carboxylic acids is 1. The first kappa shape index (κ1) is 18.4. The second kappa shape index (κ2) is 7.88. The van der Waals surface area contributed by atoms with Gasteiger partial charge in [0, 0.05) is 32.9 Å². The first-order chi connectivity index (χ1) is 12.0.